The van der Waals surface area contributed by atoms with E-state index in [0.717, 1.165) is 32.1 Å². The second kappa shape index (κ2) is 5.64. The minimum Gasteiger partial charge on any atom is -0.294 e. The van der Waals surface area contributed by atoms with Crippen molar-refractivity contribution in [2.45, 2.75) is 56.5 Å². The summed E-state index contributed by atoms with van der Waals surface area (Å²) in [5, 5.41) is 0.378. The molecule has 1 aromatic rings. The SMILES string of the molecule is Cc1cc(C(=O)C2CC3CCCC(C2)S3=O)cc(C)c1F. The molecule has 0 amide bonds. The lowest BCUT2D eigenvalue weighted by atomic mass is 9.84. The number of halogens is 1. The fraction of sp³-hybridized carbons (Fsp3) is 0.588. The Hall–Kier alpha value is -1.03. The van der Waals surface area contributed by atoms with E-state index in [0.29, 0.717) is 16.7 Å². The van der Waals surface area contributed by atoms with Crippen molar-refractivity contribution < 1.29 is 13.4 Å². The molecule has 0 aliphatic carbocycles. The molecule has 2 heterocycles. The molecule has 2 saturated heterocycles. The van der Waals surface area contributed by atoms with Crippen LogP contribution < -0.4 is 0 Å². The van der Waals surface area contributed by atoms with Crippen LogP contribution in [0.5, 0.6) is 0 Å². The molecule has 2 nitrogen and oxygen atoms in total. The van der Waals surface area contributed by atoms with Crippen LogP contribution in [0.3, 0.4) is 0 Å². The van der Waals surface area contributed by atoms with E-state index in [4.69, 9.17) is 0 Å². The molecule has 0 spiro atoms. The molecule has 3 rings (SSSR count). The fourth-order valence-corrected chi connectivity index (χ4v) is 5.96. The van der Waals surface area contributed by atoms with Gasteiger partial charge in [0.1, 0.15) is 5.82 Å². The van der Waals surface area contributed by atoms with E-state index < -0.39 is 10.8 Å². The number of ketones is 1. The van der Waals surface area contributed by atoms with E-state index in [1.807, 2.05) is 0 Å². The maximum absolute atomic E-state index is 13.7. The van der Waals surface area contributed by atoms with E-state index in [1.165, 1.54) is 0 Å². The lowest BCUT2D eigenvalue weighted by Gasteiger charge is -2.37. The summed E-state index contributed by atoms with van der Waals surface area (Å²) in [5.41, 5.74) is 1.66. The zero-order valence-corrected chi connectivity index (χ0v) is 13.3. The smallest absolute Gasteiger partial charge is 0.166 e. The minimum absolute atomic E-state index is 0.0396. The maximum atomic E-state index is 13.7. The van der Waals surface area contributed by atoms with Gasteiger partial charge in [-0.05, 0) is 62.8 Å². The standard InChI is InChI=1S/C17H21FO2S/c1-10-6-12(7-11(2)16(10)18)17(19)13-8-14-4-3-5-15(9-13)21(14)20/h6-7,13-15H,3-5,8-9H2,1-2H3. The minimum atomic E-state index is -0.754. The number of carbonyl (C=O) groups is 1. The maximum Gasteiger partial charge on any atom is 0.166 e. The van der Waals surface area contributed by atoms with Crippen LogP contribution in [0.1, 0.15) is 53.6 Å². The van der Waals surface area contributed by atoms with Crippen molar-refractivity contribution in [2.75, 3.05) is 0 Å². The summed E-state index contributed by atoms with van der Waals surface area (Å²) < 4.78 is 25.9. The number of carbonyl (C=O) groups excluding carboxylic acids is 1. The van der Waals surface area contributed by atoms with Gasteiger partial charge in [0, 0.05) is 32.8 Å². The van der Waals surface area contributed by atoms with Crippen LogP contribution >= 0.6 is 0 Å². The molecule has 0 saturated carbocycles. The van der Waals surface area contributed by atoms with Crippen LogP contribution in [0.4, 0.5) is 4.39 Å². The molecule has 0 aromatic heterocycles. The Morgan fingerprint density at radius 1 is 1.14 bits per heavy atom. The van der Waals surface area contributed by atoms with E-state index >= 15 is 0 Å². The number of fused-ring (bicyclic) bond motifs is 2. The molecule has 2 aliphatic heterocycles. The first-order valence-electron chi connectivity index (χ1n) is 7.67. The van der Waals surface area contributed by atoms with Crippen LogP contribution in [0.15, 0.2) is 12.1 Å². The number of hydrogen-bond donors (Lipinski definition) is 0. The number of benzene rings is 1. The van der Waals surface area contributed by atoms with E-state index in [2.05, 4.69) is 0 Å². The number of Topliss-reactive ketones (excluding diaryl/α,β-unsaturated/α-hetero) is 1. The average molecular weight is 308 g/mol. The Kier molecular flexibility index (Phi) is 4.00. The Morgan fingerprint density at radius 3 is 2.19 bits per heavy atom. The van der Waals surface area contributed by atoms with Crippen molar-refractivity contribution in [1.82, 2.24) is 0 Å². The highest BCUT2D eigenvalue weighted by molar-refractivity contribution is 7.86. The lowest BCUT2D eigenvalue weighted by Crippen LogP contribution is -2.41. The molecule has 0 radical (unpaired) electrons. The van der Waals surface area contributed by atoms with Crippen molar-refractivity contribution in [2.24, 2.45) is 5.92 Å². The largest absolute Gasteiger partial charge is 0.294 e. The van der Waals surface area contributed by atoms with Gasteiger partial charge in [-0.25, -0.2) is 4.39 Å². The van der Waals surface area contributed by atoms with Gasteiger partial charge < -0.3 is 0 Å². The predicted molar refractivity (Wildman–Crippen MR) is 82.5 cm³/mol. The first-order chi connectivity index (χ1) is 9.97. The van der Waals surface area contributed by atoms with Crippen molar-refractivity contribution in [1.29, 1.82) is 0 Å². The molecule has 2 atom stereocenters. The topological polar surface area (TPSA) is 34.1 Å². The Labute approximate surface area is 127 Å². The van der Waals surface area contributed by atoms with Gasteiger partial charge in [0.15, 0.2) is 5.78 Å². The first-order valence-corrected chi connectivity index (χ1v) is 8.95. The van der Waals surface area contributed by atoms with Gasteiger partial charge in [0.25, 0.3) is 0 Å². The highest BCUT2D eigenvalue weighted by Crippen LogP contribution is 2.38. The number of rotatable bonds is 2. The third-order valence-corrected chi connectivity index (χ3v) is 7.07. The van der Waals surface area contributed by atoms with Crippen LogP contribution in [-0.2, 0) is 10.8 Å². The van der Waals surface area contributed by atoms with Crippen molar-refractivity contribution in [3.63, 3.8) is 0 Å². The van der Waals surface area contributed by atoms with Crippen molar-refractivity contribution in [3.8, 4) is 0 Å². The molecular formula is C17H21FO2S. The Bertz CT molecular complexity index is 572. The lowest BCUT2D eigenvalue weighted by molar-refractivity contribution is 0.0895. The van der Waals surface area contributed by atoms with Crippen LogP contribution in [0.2, 0.25) is 0 Å². The van der Waals surface area contributed by atoms with Gasteiger partial charge in [0.2, 0.25) is 0 Å². The van der Waals surface area contributed by atoms with E-state index in [1.54, 1.807) is 26.0 Å². The van der Waals surface area contributed by atoms with Gasteiger partial charge in [-0.3, -0.25) is 9.00 Å². The van der Waals surface area contributed by atoms with Crippen LogP contribution in [-0.4, -0.2) is 20.5 Å². The predicted octanol–water partition coefficient (Wildman–Crippen LogP) is 3.71. The quantitative estimate of drug-likeness (QED) is 0.781. The molecule has 2 unspecified atom stereocenters. The molecule has 1 aromatic carbocycles. The molecule has 4 heteroatoms. The molecule has 2 fully saturated rings. The number of aryl methyl sites for hydroxylation is 2. The molecule has 114 valence electrons. The molecule has 2 bridgehead atoms. The first kappa shape index (κ1) is 14.9. The summed E-state index contributed by atoms with van der Waals surface area (Å²) in [6, 6.07) is 3.32. The molecular weight excluding hydrogens is 287 g/mol. The van der Waals surface area contributed by atoms with Gasteiger partial charge in [-0.1, -0.05) is 6.42 Å². The monoisotopic (exact) mass is 308 g/mol. The summed E-state index contributed by atoms with van der Waals surface area (Å²) in [4.78, 5) is 12.7. The van der Waals surface area contributed by atoms with Gasteiger partial charge >= 0.3 is 0 Å². The normalized spacial score (nSPS) is 32.0. The second-order valence-corrected chi connectivity index (χ2v) is 8.45. The zero-order chi connectivity index (χ0) is 15.1. The van der Waals surface area contributed by atoms with E-state index in [-0.39, 0.29) is 28.0 Å². The Balaban J connectivity index is 1.84. The third kappa shape index (κ3) is 2.70. The number of hydrogen-bond acceptors (Lipinski definition) is 2. The summed E-state index contributed by atoms with van der Waals surface area (Å²) >= 11 is 0. The molecule has 21 heavy (non-hydrogen) atoms. The Morgan fingerprint density at radius 2 is 1.67 bits per heavy atom. The highest BCUT2D eigenvalue weighted by atomic mass is 32.2. The molecule has 2 aliphatic rings. The summed E-state index contributed by atoms with van der Waals surface area (Å²) in [5.74, 6) is -0.162. The van der Waals surface area contributed by atoms with Crippen molar-refractivity contribution in [3.05, 3.63) is 34.6 Å². The van der Waals surface area contributed by atoms with Crippen molar-refractivity contribution >= 4 is 16.6 Å². The van der Waals surface area contributed by atoms with Crippen LogP contribution in [0, 0.1) is 25.6 Å². The highest BCUT2D eigenvalue weighted by Gasteiger charge is 2.40. The van der Waals surface area contributed by atoms with Gasteiger partial charge in [0.05, 0.1) is 0 Å². The summed E-state index contributed by atoms with van der Waals surface area (Å²) in [6.07, 6.45) is 4.56. The fourth-order valence-electron chi connectivity index (χ4n) is 3.77. The van der Waals surface area contributed by atoms with Gasteiger partial charge in [-0.2, -0.15) is 0 Å². The van der Waals surface area contributed by atoms with E-state index in [9.17, 15) is 13.4 Å². The zero-order valence-electron chi connectivity index (χ0n) is 12.5. The molecule has 0 N–H and O–H groups in total. The van der Waals surface area contributed by atoms with Crippen LogP contribution in [0.25, 0.3) is 0 Å². The summed E-state index contributed by atoms with van der Waals surface area (Å²) in [6.45, 7) is 3.40. The van der Waals surface area contributed by atoms with Gasteiger partial charge in [-0.15, -0.1) is 0 Å². The average Bonchev–Trinajstić information content (AvgIpc) is 2.43. The third-order valence-electron chi connectivity index (χ3n) is 4.90. The summed E-state index contributed by atoms with van der Waals surface area (Å²) in [7, 11) is -0.754. The second-order valence-electron chi connectivity index (χ2n) is 6.46.